The van der Waals surface area contributed by atoms with Gasteiger partial charge < -0.3 is 4.57 Å². The van der Waals surface area contributed by atoms with Crippen molar-refractivity contribution < 1.29 is 0 Å². The highest BCUT2D eigenvalue weighted by molar-refractivity contribution is 7.26. The summed E-state index contributed by atoms with van der Waals surface area (Å²) in [7, 11) is 0. The van der Waals surface area contributed by atoms with Crippen LogP contribution in [-0.2, 0) is 0 Å². The van der Waals surface area contributed by atoms with E-state index in [2.05, 4.69) is 138 Å². The molecule has 0 aliphatic rings. The highest BCUT2D eigenvalue weighted by Crippen LogP contribution is 2.45. The number of hydrogen-bond acceptors (Lipinski definition) is 4. The second-order valence-corrected chi connectivity index (χ2v) is 14.3. The predicted molar refractivity (Wildman–Crippen MR) is 218 cm³/mol. The summed E-state index contributed by atoms with van der Waals surface area (Å²) in [5.41, 5.74) is 6.42. The number of aromatic nitrogens is 4. The molecule has 52 heavy (non-hydrogen) atoms. The Morgan fingerprint density at radius 3 is 1.73 bits per heavy atom. The van der Waals surface area contributed by atoms with Crippen LogP contribution < -0.4 is 0 Å². The topological polar surface area (TPSA) is 43.6 Å². The maximum atomic E-state index is 5.20. The minimum absolute atomic E-state index is 0.656. The maximum Gasteiger partial charge on any atom is 0.164 e. The molecule has 0 unspecified atom stereocenters. The van der Waals surface area contributed by atoms with Gasteiger partial charge in [-0.1, -0.05) is 127 Å². The molecule has 8 aromatic carbocycles. The third-order valence-electron chi connectivity index (χ3n) is 10.2. The number of hydrogen-bond donors (Lipinski definition) is 0. The van der Waals surface area contributed by atoms with E-state index in [4.69, 9.17) is 15.0 Å². The van der Waals surface area contributed by atoms with Gasteiger partial charge >= 0.3 is 0 Å². The Balaban J connectivity index is 1.23. The first-order chi connectivity index (χ1) is 25.8. The highest BCUT2D eigenvalue weighted by atomic mass is 32.1. The van der Waals surface area contributed by atoms with Crippen molar-refractivity contribution in [2.75, 3.05) is 0 Å². The van der Waals surface area contributed by atoms with Gasteiger partial charge in [-0.25, -0.2) is 15.0 Å². The van der Waals surface area contributed by atoms with E-state index in [9.17, 15) is 0 Å². The van der Waals surface area contributed by atoms with Gasteiger partial charge in [0.2, 0.25) is 0 Å². The Bertz CT molecular complexity index is 3120. The van der Waals surface area contributed by atoms with E-state index in [1.807, 2.05) is 47.7 Å². The van der Waals surface area contributed by atoms with Crippen LogP contribution in [0.15, 0.2) is 170 Å². The third-order valence-corrected chi connectivity index (χ3v) is 11.4. The average molecular weight is 681 g/mol. The molecule has 4 nitrogen and oxygen atoms in total. The van der Waals surface area contributed by atoms with Gasteiger partial charge in [-0.3, -0.25) is 0 Å². The first-order valence-corrected chi connectivity index (χ1v) is 18.3. The molecule has 242 valence electrons. The molecule has 0 saturated heterocycles. The van der Waals surface area contributed by atoms with Gasteiger partial charge in [-0.2, -0.15) is 0 Å². The molecular weight excluding hydrogens is 653 g/mol. The van der Waals surface area contributed by atoms with E-state index in [1.165, 1.54) is 52.8 Å². The fraction of sp³-hybridized carbons (Fsp3) is 0. The van der Waals surface area contributed by atoms with Crippen molar-refractivity contribution in [2.45, 2.75) is 0 Å². The number of rotatable bonds is 4. The van der Waals surface area contributed by atoms with Gasteiger partial charge in [-0.15, -0.1) is 11.3 Å². The fourth-order valence-corrected chi connectivity index (χ4v) is 9.02. The van der Waals surface area contributed by atoms with Crippen LogP contribution in [0.5, 0.6) is 0 Å². The minimum atomic E-state index is 0.656. The lowest BCUT2D eigenvalue weighted by atomic mass is 9.99. The zero-order chi connectivity index (χ0) is 34.2. The Hall–Kier alpha value is -6.69. The molecule has 0 spiro atoms. The maximum absolute atomic E-state index is 5.20. The van der Waals surface area contributed by atoms with Crippen LogP contribution in [0, 0.1) is 0 Å². The van der Waals surface area contributed by atoms with Gasteiger partial charge in [0, 0.05) is 53.3 Å². The first kappa shape index (κ1) is 29.1. The molecule has 0 saturated carbocycles. The molecule has 11 rings (SSSR count). The van der Waals surface area contributed by atoms with Crippen molar-refractivity contribution >= 4 is 74.9 Å². The Morgan fingerprint density at radius 2 is 1.00 bits per heavy atom. The molecule has 5 heteroatoms. The Morgan fingerprint density at radius 1 is 0.404 bits per heavy atom. The Kier molecular flexibility index (Phi) is 6.39. The smallest absolute Gasteiger partial charge is 0.164 e. The predicted octanol–water partition coefficient (Wildman–Crippen LogP) is 12.6. The SMILES string of the molecule is c1ccc(-c2nc(-c3ccccc3)nc(-c3cc4ccccc4c4sc5ccc(-n6c7ccccc7c7cc8ccccc8cc76)cc5c34)n2)cc1. The molecule has 0 radical (unpaired) electrons. The summed E-state index contributed by atoms with van der Waals surface area (Å²) in [5.74, 6) is 1.98. The first-order valence-electron chi connectivity index (χ1n) is 17.4. The largest absolute Gasteiger partial charge is 0.309 e. The second-order valence-electron chi connectivity index (χ2n) is 13.2. The normalized spacial score (nSPS) is 11.8. The van der Waals surface area contributed by atoms with Crippen LogP contribution >= 0.6 is 11.3 Å². The molecule has 0 aliphatic carbocycles. The summed E-state index contributed by atoms with van der Waals surface area (Å²) >= 11 is 1.84. The highest BCUT2D eigenvalue weighted by Gasteiger charge is 2.21. The minimum Gasteiger partial charge on any atom is -0.309 e. The number of benzene rings is 8. The van der Waals surface area contributed by atoms with Gasteiger partial charge in [0.25, 0.3) is 0 Å². The fourth-order valence-electron chi connectivity index (χ4n) is 7.78. The van der Waals surface area contributed by atoms with E-state index in [0.717, 1.165) is 33.2 Å². The van der Waals surface area contributed by atoms with Crippen LogP contribution in [0.1, 0.15) is 0 Å². The zero-order valence-electron chi connectivity index (χ0n) is 27.9. The summed E-state index contributed by atoms with van der Waals surface area (Å²) in [6.07, 6.45) is 0. The van der Waals surface area contributed by atoms with Crippen molar-refractivity contribution in [3.8, 4) is 39.9 Å². The molecule has 11 aromatic rings. The standard InChI is InChI=1S/C47H28N4S/c1-3-13-29(14-4-1)45-48-46(30-15-5-2-6-16-30)50-47(49-45)39-26-33-19-9-10-20-35(33)44-43(39)38-28-34(23-24-42(38)52-44)51-40-22-12-11-21-36(40)37-25-31-17-7-8-18-32(31)27-41(37)51/h1-28H. The second kappa shape index (κ2) is 11.4. The van der Waals surface area contributed by atoms with Crippen molar-refractivity contribution in [3.05, 3.63) is 170 Å². The third kappa shape index (κ3) is 4.50. The van der Waals surface area contributed by atoms with Gasteiger partial charge in [0.1, 0.15) is 0 Å². The summed E-state index contributed by atoms with van der Waals surface area (Å²) in [6.45, 7) is 0. The lowest BCUT2D eigenvalue weighted by molar-refractivity contribution is 1.08. The van der Waals surface area contributed by atoms with Crippen LogP contribution in [0.25, 0.3) is 103 Å². The van der Waals surface area contributed by atoms with E-state index in [1.54, 1.807) is 0 Å². The molecule has 0 fully saturated rings. The number of fused-ring (bicyclic) bond motifs is 9. The molecule has 3 heterocycles. The van der Waals surface area contributed by atoms with Crippen molar-refractivity contribution in [1.82, 2.24) is 19.5 Å². The quantitative estimate of drug-likeness (QED) is 0.186. The molecular formula is C47H28N4S. The molecule has 0 N–H and O–H groups in total. The van der Waals surface area contributed by atoms with Crippen LogP contribution in [-0.4, -0.2) is 19.5 Å². The molecule has 0 aliphatic heterocycles. The monoisotopic (exact) mass is 680 g/mol. The van der Waals surface area contributed by atoms with E-state index < -0.39 is 0 Å². The molecule has 3 aromatic heterocycles. The van der Waals surface area contributed by atoms with Gasteiger partial charge in [0.15, 0.2) is 17.5 Å². The summed E-state index contributed by atoms with van der Waals surface area (Å²) in [5, 5.41) is 9.72. The number of thiophene rings is 1. The summed E-state index contributed by atoms with van der Waals surface area (Å²) in [4.78, 5) is 15.4. The van der Waals surface area contributed by atoms with E-state index in [0.29, 0.717) is 17.5 Å². The van der Waals surface area contributed by atoms with Crippen LogP contribution in [0.3, 0.4) is 0 Å². The zero-order valence-corrected chi connectivity index (χ0v) is 28.7. The van der Waals surface area contributed by atoms with Crippen molar-refractivity contribution in [1.29, 1.82) is 0 Å². The number of nitrogens with zero attached hydrogens (tertiary/aromatic N) is 4. The number of para-hydroxylation sites is 1. The van der Waals surface area contributed by atoms with Crippen LogP contribution in [0.2, 0.25) is 0 Å². The molecule has 0 atom stereocenters. The van der Waals surface area contributed by atoms with Gasteiger partial charge in [-0.05, 0) is 64.0 Å². The summed E-state index contributed by atoms with van der Waals surface area (Å²) in [6, 6.07) is 60.3. The average Bonchev–Trinajstić information content (AvgIpc) is 3.76. The Labute approximate surface area is 302 Å². The van der Waals surface area contributed by atoms with E-state index >= 15 is 0 Å². The lowest BCUT2D eigenvalue weighted by Gasteiger charge is -2.12. The van der Waals surface area contributed by atoms with Gasteiger partial charge in [0.05, 0.1) is 11.0 Å². The van der Waals surface area contributed by atoms with Crippen molar-refractivity contribution in [3.63, 3.8) is 0 Å². The van der Waals surface area contributed by atoms with E-state index in [-0.39, 0.29) is 0 Å². The molecule has 0 bridgehead atoms. The van der Waals surface area contributed by atoms with Crippen molar-refractivity contribution in [2.24, 2.45) is 0 Å². The van der Waals surface area contributed by atoms with Crippen LogP contribution in [0.4, 0.5) is 0 Å². The molecule has 0 amide bonds. The lowest BCUT2D eigenvalue weighted by Crippen LogP contribution is -2.00. The summed E-state index contributed by atoms with van der Waals surface area (Å²) < 4.78 is 4.88.